The minimum Gasteiger partial charge on any atom is -0.462 e. The molecule has 1 N–H and O–H groups in total. The molecule has 494 valence electrons. The molecule has 0 rings (SSSR count). The topological polar surface area (TPSA) is 72.8 Å². The first-order valence-corrected chi connectivity index (χ1v) is 37.1. The van der Waals surface area contributed by atoms with E-state index in [1.165, 1.54) is 231 Å². The van der Waals surface area contributed by atoms with Crippen LogP contribution in [0.1, 0.15) is 361 Å². The van der Waals surface area contributed by atoms with Crippen molar-refractivity contribution in [3.63, 3.8) is 0 Å². The molecule has 0 heterocycles. The van der Waals surface area contributed by atoms with Gasteiger partial charge < -0.3 is 14.6 Å². The molecule has 5 heteroatoms. The van der Waals surface area contributed by atoms with E-state index in [1.54, 1.807) is 0 Å². The SMILES string of the molecule is CC/C=C\C/C=C\C/C=C\C/C=C\C/C=C\C/C=C\CCCCCCCCCCCCCCCCCCC(=O)OC(CO)COC(=O)CCCCCCCCCCCCCCCCCCCCCCCCCC/C=C\C/C=C\C/C=C\C/C=C\CC. The van der Waals surface area contributed by atoms with Gasteiger partial charge in [0.05, 0.1) is 6.61 Å². The summed E-state index contributed by atoms with van der Waals surface area (Å²) in [5, 5.41) is 9.72. The Kier molecular flexibility index (Phi) is 72.3. The van der Waals surface area contributed by atoms with E-state index in [-0.39, 0.29) is 25.2 Å². The number of rotatable bonds is 68. The van der Waals surface area contributed by atoms with Crippen LogP contribution in [-0.4, -0.2) is 36.4 Å². The highest BCUT2D eigenvalue weighted by Crippen LogP contribution is 2.18. The maximum absolute atomic E-state index is 12.4. The van der Waals surface area contributed by atoms with Crippen LogP contribution < -0.4 is 0 Å². The van der Waals surface area contributed by atoms with Crippen molar-refractivity contribution in [3.8, 4) is 0 Å². The molecule has 0 bridgehead atoms. The van der Waals surface area contributed by atoms with E-state index in [2.05, 4.69) is 135 Å². The first-order valence-electron chi connectivity index (χ1n) is 37.1. The van der Waals surface area contributed by atoms with Crippen molar-refractivity contribution < 1.29 is 24.2 Å². The van der Waals surface area contributed by atoms with Gasteiger partial charge in [0.1, 0.15) is 6.61 Å². The Morgan fingerprint density at radius 1 is 0.267 bits per heavy atom. The average molecular weight is 1190 g/mol. The number of hydrogen-bond donors (Lipinski definition) is 1. The highest BCUT2D eigenvalue weighted by Gasteiger charge is 2.16. The summed E-state index contributed by atoms with van der Waals surface area (Å²) in [6.45, 7) is 3.95. The van der Waals surface area contributed by atoms with Gasteiger partial charge in [-0.25, -0.2) is 0 Å². The number of carbonyl (C=O) groups is 2. The lowest BCUT2D eigenvalue weighted by atomic mass is 10.0. The van der Waals surface area contributed by atoms with Crippen LogP contribution in [-0.2, 0) is 19.1 Å². The molecule has 0 aliphatic heterocycles. The van der Waals surface area contributed by atoms with Crippen molar-refractivity contribution in [1.82, 2.24) is 0 Å². The van der Waals surface area contributed by atoms with Gasteiger partial charge in [-0.15, -0.1) is 0 Å². The molecule has 0 aliphatic rings. The smallest absolute Gasteiger partial charge is 0.306 e. The second-order valence-corrected chi connectivity index (χ2v) is 24.6. The van der Waals surface area contributed by atoms with Crippen LogP contribution in [0.5, 0.6) is 0 Å². The molecule has 86 heavy (non-hydrogen) atoms. The molecule has 1 unspecified atom stereocenters. The second kappa shape index (κ2) is 75.5. The predicted octanol–water partition coefficient (Wildman–Crippen LogP) is 26.1. The summed E-state index contributed by atoms with van der Waals surface area (Å²) in [6, 6.07) is 0. The summed E-state index contributed by atoms with van der Waals surface area (Å²) in [6.07, 6.45) is 111. The van der Waals surface area contributed by atoms with Crippen molar-refractivity contribution >= 4 is 11.9 Å². The zero-order chi connectivity index (χ0) is 61.9. The summed E-state index contributed by atoms with van der Waals surface area (Å²) in [5.41, 5.74) is 0. The van der Waals surface area contributed by atoms with Gasteiger partial charge in [0.15, 0.2) is 6.10 Å². The third-order valence-electron chi connectivity index (χ3n) is 16.3. The number of ether oxygens (including phenoxy) is 2. The lowest BCUT2D eigenvalue weighted by Gasteiger charge is -2.15. The van der Waals surface area contributed by atoms with Crippen LogP contribution in [0.25, 0.3) is 0 Å². The Hall–Kier alpha value is -3.70. The van der Waals surface area contributed by atoms with E-state index in [0.29, 0.717) is 12.8 Å². The van der Waals surface area contributed by atoms with Crippen LogP contribution in [0.3, 0.4) is 0 Å². The third-order valence-corrected chi connectivity index (χ3v) is 16.3. The molecule has 0 aliphatic carbocycles. The third kappa shape index (κ3) is 72.8. The Balaban J connectivity index is 3.43. The largest absolute Gasteiger partial charge is 0.462 e. The normalized spacial score (nSPS) is 12.9. The summed E-state index contributed by atoms with van der Waals surface area (Å²) >= 11 is 0. The van der Waals surface area contributed by atoms with Crippen molar-refractivity contribution in [3.05, 3.63) is 122 Å². The zero-order valence-corrected chi connectivity index (χ0v) is 56.8. The standard InChI is InChI=1S/C81H140O5/c1-3-5-7-9-11-13-15-17-19-21-23-25-27-29-31-33-35-37-39-40-42-43-45-47-49-51-53-55-57-59-61-63-65-67-69-71-73-75-80(83)85-78-79(77-82)86-81(84)76-74-72-70-68-66-64-62-60-58-56-54-52-50-48-46-44-41-38-36-34-32-30-28-26-24-22-20-18-16-14-12-10-8-6-4-2/h5-8,11-14,17-20,23-26,30,32,36,38,79,82H,3-4,9-10,15-16,21-22,27-29,31,33-35,37,39-78H2,1-2H3/b7-5-,8-6-,13-11-,14-12-,19-17-,20-18-,25-23-,26-24-,32-30-,38-36-. The van der Waals surface area contributed by atoms with Crippen LogP contribution in [0.15, 0.2) is 122 Å². The molecule has 0 saturated carbocycles. The van der Waals surface area contributed by atoms with Crippen LogP contribution in [0.4, 0.5) is 0 Å². The molecule has 5 nitrogen and oxygen atoms in total. The maximum atomic E-state index is 12.4. The van der Waals surface area contributed by atoms with E-state index < -0.39 is 6.10 Å². The van der Waals surface area contributed by atoms with Gasteiger partial charge in [0.25, 0.3) is 0 Å². The maximum Gasteiger partial charge on any atom is 0.306 e. The minimum atomic E-state index is -0.777. The molecule has 0 aromatic heterocycles. The predicted molar refractivity (Wildman–Crippen MR) is 380 cm³/mol. The lowest BCUT2D eigenvalue weighted by Crippen LogP contribution is -2.28. The molecule has 0 saturated heterocycles. The first kappa shape index (κ1) is 82.3. The minimum absolute atomic E-state index is 0.0652. The van der Waals surface area contributed by atoms with Gasteiger partial charge in [-0.05, 0) is 103 Å². The van der Waals surface area contributed by atoms with Gasteiger partial charge in [-0.1, -0.05) is 367 Å². The van der Waals surface area contributed by atoms with Crippen LogP contribution >= 0.6 is 0 Å². The van der Waals surface area contributed by atoms with Crippen molar-refractivity contribution in [1.29, 1.82) is 0 Å². The number of allylic oxidation sites excluding steroid dienone is 20. The Morgan fingerprint density at radius 3 is 0.698 bits per heavy atom. The zero-order valence-electron chi connectivity index (χ0n) is 56.8. The number of esters is 2. The highest BCUT2D eigenvalue weighted by atomic mass is 16.6. The van der Waals surface area contributed by atoms with E-state index in [9.17, 15) is 14.7 Å². The van der Waals surface area contributed by atoms with Gasteiger partial charge in [0, 0.05) is 12.8 Å². The fourth-order valence-electron chi connectivity index (χ4n) is 10.8. The van der Waals surface area contributed by atoms with Gasteiger partial charge >= 0.3 is 11.9 Å². The van der Waals surface area contributed by atoms with Gasteiger partial charge in [0.2, 0.25) is 0 Å². The van der Waals surface area contributed by atoms with Gasteiger partial charge in [-0.2, -0.15) is 0 Å². The molecular formula is C81H140O5. The molecule has 0 amide bonds. The van der Waals surface area contributed by atoms with Gasteiger partial charge in [-0.3, -0.25) is 9.59 Å². The van der Waals surface area contributed by atoms with Crippen molar-refractivity contribution in [2.24, 2.45) is 0 Å². The number of carbonyl (C=O) groups excluding carboxylic acids is 2. The quantitative estimate of drug-likeness (QED) is 0.0373. The van der Waals surface area contributed by atoms with Crippen molar-refractivity contribution in [2.45, 2.75) is 367 Å². The monoisotopic (exact) mass is 1190 g/mol. The molecule has 0 radical (unpaired) electrons. The van der Waals surface area contributed by atoms with E-state index >= 15 is 0 Å². The van der Waals surface area contributed by atoms with E-state index in [0.717, 1.165) is 103 Å². The molecule has 0 aromatic carbocycles. The second-order valence-electron chi connectivity index (χ2n) is 24.6. The van der Waals surface area contributed by atoms with Crippen molar-refractivity contribution in [2.75, 3.05) is 13.2 Å². The molecule has 1 atom stereocenters. The fraction of sp³-hybridized carbons (Fsp3) is 0.728. The average Bonchev–Trinajstić information content (AvgIpc) is 3.55. The number of unbranched alkanes of at least 4 members (excludes halogenated alkanes) is 40. The Labute approximate surface area is 534 Å². The molecule has 0 fully saturated rings. The fourth-order valence-corrected chi connectivity index (χ4v) is 10.8. The van der Waals surface area contributed by atoms with E-state index in [1.807, 2.05) is 0 Å². The Morgan fingerprint density at radius 2 is 0.465 bits per heavy atom. The summed E-state index contributed by atoms with van der Waals surface area (Å²) in [5.74, 6) is -0.576. The lowest BCUT2D eigenvalue weighted by molar-refractivity contribution is -0.161. The number of aliphatic hydroxyl groups excluding tert-OH is 1. The molecule has 0 aromatic rings. The first-order chi connectivity index (χ1) is 42.6. The highest BCUT2D eigenvalue weighted by molar-refractivity contribution is 5.70. The number of aliphatic hydroxyl groups is 1. The molecular weight excluding hydrogens is 1050 g/mol. The summed E-state index contributed by atoms with van der Waals surface area (Å²) < 4.78 is 10.8. The summed E-state index contributed by atoms with van der Waals surface area (Å²) in [7, 11) is 0. The Bertz CT molecular complexity index is 1690. The van der Waals surface area contributed by atoms with Crippen LogP contribution in [0, 0.1) is 0 Å². The number of hydrogen-bond acceptors (Lipinski definition) is 5. The molecule has 0 spiro atoms. The van der Waals surface area contributed by atoms with E-state index in [4.69, 9.17) is 9.47 Å². The summed E-state index contributed by atoms with van der Waals surface area (Å²) in [4.78, 5) is 24.7. The van der Waals surface area contributed by atoms with Crippen LogP contribution in [0.2, 0.25) is 0 Å².